The van der Waals surface area contributed by atoms with E-state index in [4.69, 9.17) is 10.5 Å². The van der Waals surface area contributed by atoms with Crippen molar-refractivity contribution in [1.29, 1.82) is 0 Å². The third-order valence-corrected chi connectivity index (χ3v) is 4.80. The number of methoxy groups -OCH3 is 1. The number of ketones is 2. The van der Waals surface area contributed by atoms with Crippen molar-refractivity contribution in [3.05, 3.63) is 35.4 Å². The lowest BCUT2D eigenvalue weighted by Gasteiger charge is -2.22. The zero-order chi connectivity index (χ0) is 15.7. The summed E-state index contributed by atoms with van der Waals surface area (Å²) in [5.74, 6) is 0.608. The second-order valence-corrected chi connectivity index (χ2v) is 6.13. The standard InChI is InChI=1S/C18H21NO3/c1-22-14-5-6-15-12(3-2-4-13(15)11-14)9-10-18(19)16(20)7-8-17(18)21/h5-6,9,11H,2-4,7-8,10,19H2,1H3/b12-9+. The van der Waals surface area contributed by atoms with E-state index in [1.54, 1.807) is 7.11 Å². The highest BCUT2D eigenvalue weighted by Crippen LogP contribution is 2.34. The fraction of sp³-hybridized carbons (Fsp3) is 0.444. The Labute approximate surface area is 130 Å². The van der Waals surface area contributed by atoms with Gasteiger partial charge in [0.2, 0.25) is 0 Å². The first-order valence-electron chi connectivity index (χ1n) is 7.76. The molecule has 2 aliphatic carbocycles. The Morgan fingerprint density at radius 1 is 1.18 bits per heavy atom. The fourth-order valence-electron chi connectivity index (χ4n) is 3.37. The van der Waals surface area contributed by atoms with Crippen LogP contribution in [-0.4, -0.2) is 24.2 Å². The first kappa shape index (κ1) is 15.0. The highest BCUT2D eigenvalue weighted by molar-refractivity contribution is 6.17. The average Bonchev–Trinajstić information content (AvgIpc) is 2.80. The highest BCUT2D eigenvalue weighted by atomic mass is 16.5. The molecule has 0 amide bonds. The number of Topliss-reactive ketones (excluding diaryl/α,β-unsaturated/α-hetero) is 2. The zero-order valence-corrected chi connectivity index (χ0v) is 12.9. The van der Waals surface area contributed by atoms with Crippen molar-refractivity contribution in [1.82, 2.24) is 0 Å². The van der Waals surface area contributed by atoms with E-state index in [1.807, 2.05) is 12.1 Å². The van der Waals surface area contributed by atoms with Crippen molar-refractivity contribution < 1.29 is 14.3 Å². The Balaban J connectivity index is 1.88. The van der Waals surface area contributed by atoms with Gasteiger partial charge in [-0.2, -0.15) is 0 Å². The zero-order valence-electron chi connectivity index (χ0n) is 12.9. The molecule has 0 unspecified atom stereocenters. The monoisotopic (exact) mass is 299 g/mol. The van der Waals surface area contributed by atoms with E-state index in [0.29, 0.717) is 6.42 Å². The molecular formula is C18H21NO3. The van der Waals surface area contributed by atoms with Crippen LogP contribution in [0.15, 0.2) is 24.3 Å². The van der Waals surface area contributed by atoms with Crippen molar-refractivity contribution in [3.8, 4) is 5.75 Å². The molecule has 0 heterocycles. The summed E-state index contributed by atoms with van der Waals surface area (Å²) in [5, 5.41) is 0. The molecule has 0 atom stereocenters. The van der Waals surface area contributed by atoms with E-state index in [1.165, 1.54) is 16.7 Å². The van der Waals surface area contributed by atoms with Crippen LogP contribution in [0, 0.1) is 0 Å². The molecule has 0 bridgehead atoms. The lowest BCUT2D eigenvalue weighted by Crippen LogP contribution is -2.49. The molecule has 1 aromatic carbocycles. The van der Waals surface area contributed by atoms with Gasteiger partial charge in [0.15, 0.2) is 11.6 Å². The van der Waals surface area contributed by atoms with Crippen molar-refractivity contribution in [2.24, 2.45) is 5.73 Å². The minimum Gasteiger partial charge on any atom is -0.497 e. The van der Waals surface area contributed by atoms with E-state index in [9.17, 15) is 9.59 Å². The summed E-state index contributed by atoms with van der Waals surface area (Å²) in [6, 6.07) is 6.06. The molecule has 2 N–H and O–H groups in total. The predicted molar refractivity (Wildman–Crippen MR) is 84.7 cm³/mol. The van der Waals surface area contributed by atoms with E-state index in [0.717, 1.165) is 25.0 Å². The second-order valence-electron chi connectivity index (χ2n) is 6.13. The number of hydrogen-bond acceptors (Lipinski definition) is 4. The van der Waals surface area contributed by atoms with Crippen LogP contribution in [0.1, 0.15) is 43.2 Å². The molecule has 4 nitrogen and oxygen atoms in total. The number of fused-ring (bicyclic) bond motifs is 1. The van der Waals surface area contributed by atoms with Gasteiger partial charge in [0.25, 0.3) is 0 Å². The normalized spacial score (nSPS) is 22.0. The summed E-state index contributed by atoms with van der Waals surface area (Å²) < 4.78 is 5.27. The molecule has 4 heteroatoms. The van der Waals surface area contributed by atoms with E-state index < -0.39 is 5.54 Å². The molecule has 116 valence electrons. The second kappa shape index (κ2) is 5.69. The smallest absolute Gasteiger partial charge is 0.161 e. The molecule has 0 aliphatic heterocycles. The van der Waals surface area contributed by atoms with Gasteiger partial charge in [0.05, 0.1) is 7.11 Å². The average molecular weight is 299 g/mol. The van der Waals surface area contributed by atoms with E-state index in [2.05, 4.69) is 12.1 Å². The molecule has 1 fully saturated rings. The third-order valence-electron chi connectivity index (χ3n) is 4.80. The summed E-state index contributed by atoms with van der Waals surface area (Å²) in [5.41, 5.74) is 8.40. The lowest BCUT2D eigenvalue weighted by atomic mass is 9.84. The number of benzene rings is 1. The Kier molecular flexibility index (Phi) is 3.87. The Morgan fingerprint density at radius 2 is 1.91 bits per heavy atom. The van der Waals surface area contributed by atoms with Gasteiger partial charge in [0, 0.05) is 12.8 Å². The molecular weight excluding hydrogens is 278 g/mol. The molecule has 0 radical (unpaired) electrons. The summed E-state index contributed by atoms with van der Waals surface area (Å²) in [4.78, 5) is 23.8. The molecule has 2 aliphatic rings. The topological polar surface area (TPSA) is 69.4 Å². The van der Waals surface area contributed by atoms with Crippen LogP contribution in [0.2, 0.25) is 0 Å². The first-order valence-corrected chi connectivity index (χ1v) is 7.76. The summed E-state index contributed by atoms with van der Waals surface area (Å²) in [6.45, 7) is 0. The van der Waals surface area contributed by atoms with E-state index in [-0.39, 0.29) is 24.4 Å². The number of aryl methyl sites for hydroxylation is 1. The van der Waals surface area contributed by atoms with Gasteiger partial charge in [-0.1, -0.05) is 12.1 Å². The Hall–Kier alpha value is -1.94. The van der Waals surface area contributed by atoms with Gasteiger partial charge in [-0.25, -0.2) is 0 Å². The number of carbonyl (C=O) groups is 2. The maximum atomic E-state index is 11.9. The van der Waals surface area contributed by atoms with Crippen LogP contribution >= 0.6 is 0 Å². The van der Waals surface area contributed by atoms with Crippen molar-refractivity contribution in [3.63, 3.8) is 0 Å². The molecule has 3 rings (SSSR count). The molecule has 1 saturated carbocycles. The number of allylic oxidation sites excluding steroid dienone is 1. The van der Waals surface area contributed by atoms with Crippen molar-refractivity contribution in [2.75, 3.05) is 7.11 Å². The first-order chi connectivity index (χ1) is 10.5. The van der Waals surface area contributed by atoms with Crippen LogP contribution in [0.4, 0.5) is 0 Å². The molecule has 0 aromatic heterocycles. The number of nitrogens with two attached hydrogens (primary N) is 1. The van der Waals surface area contributed by atoms with Crippen molar-refractivity contribution in [2.45, 2.75) is 44.1 Å². The SMILES string of the molecule is COc1ccc2c(c1)CCC/C2=C\CC1(N)C(=O)CCC1=O. The predicted octanol–water partition coefficient (Wildman–Crippen LogP) is 2.43. The maximum Gasteiger partial charge on any atom is 0.161 e. The van der Waals surface area contributed by atoms with Gasteiger partial charge in [0.1, 0.15) is 11.3 Å². The molecule has 0 saturated heterocycles. The summed E-state index contributed by atoms with van der Waals surface area (Å²) in [7, 11) is 1.66. The minimum atomic E-state index is -1.29. The van der Waals surface area contributed by atoms with Crippen molar-refractivity contribution >= 4 is 17.1 Å². The summed E-state index contributed by atoms with van der Waals surface area (Å²) in [6.07, 6.45) is 5.91. The van der Waals surface area contributed by atoms with Crippen LogP contribution in [-0.2, 0) is 16.0 Å². The Morgan fingerprint density at radius 3 is 2.59 bits per heavy atom. The number of rotatable bonds is 3. The maximum absolute atomic E-state index is 11.9. The highest BCUT2D eigenvalue weighted by Gasteiger charge is 2.45. The Bertz CT molecular complexity index is 644. The molecule has 1 aromatic rings. The van der Waals surface area contributed by atoms with Gasteiger partial charge >= 0.3 is 0 Å². The molecule has 22 heavy (non-hydrogen) atoms. The van der Waals surface area contributed by atoms with Crippen LogP contribution in [0.5, 0.6) is 5.75 Å². The van der Waals surface area contributed by atoms with Gasteiger partial charge in [-0.05, 0) is 54.5 Å². The number of ether oxygens (including phenoxy) is 1. The van der Waals surface area contributed by atoms with Gasteiger partial charge in [-0.3, -0.25) is 9.59 Å². The van der Waals surface area contributed by atoms with Crippen LogP contribution < -0.4 is 10.5 Å². The van der Waals surface area contributed by atoms with Gasteiger partial charge < -0.3 is 10.5 Å². The van der Waals surface area contributed by atoms with E-state index >= 15 is 0 Å². The number of hydrogen-bond donors (Lipinski definition) is 1. The molecule has 0 spiro atoms. The van der Waals surface area contributed by atoms with Crippen LogP contribution in [0.25, 0.3) is 5.57 Å². The minimum absolute atomic E-state index is 0.125. The quantitative estimate of drug-likeness (QED) is 0.870. The largest absolute Gasteiger partial charge is 0.497 e. The summed E-state index contributed by atoms with van der Waals surface area (Å²) >= 11 is 0. The third kappa shape index (κ3) is 2.48. The number of carbonyl (C=O) groups excluding carboxylic acids is 2. The van der Waals surface area contributed by atoms with Crippen LogP contribution in [0.3, 0.4) is 0 Å². The fourth-order valence-corrected chi connectivity index (χ4v) is 3.37. The lowest BCUT2D eigenvalue weighted by molar-refractivity contribution is -0.128. The van der Waals surface area contributed by atoms with Gasteiger partial charge in [-0.15, -0.1) is 0 Å².